The van der Waals surface area contributed by atoms with Gasteiger partial charge in [-0.25, -0.2) is 4.98 Å². The Hall–Kier alpha value is -0.650. The van der Waals surface area contributed by atoms with E-state index in [1.165, 1.54) is 0 Å². The zero-order chi connectivity index (χ0) is 12.4. The first-order valence-electron chi connectivity index (χ1n) is 5.43. The third-order valence-corrected chi connectivity index (χ3v) is 3.64. The van der Waals surface area contributed by atoms with E-state index in [9.17, 15) is 4.79 Å². The van der Waals surface area contributed by atoms with E-state index in [-0.39, 0.29) is 17.9 Å². The fourth-order valence-electron chi connectivity index (χ4n) is 2.00. The summed E-state index contributed by atoms with van der Waals surface area (Å²) in [7, 11) is 0. The van der Waals surface area contributed by atoms with Crippen molar-refractivity contribution in [3.63, 3.8) is 0 Å². The molecule has 0 radical (unpaired) electrons. The quantitative estimate of drug-likeness (QED) is 0.824. The first kappa shape index (κ1) is 12.8. The van der Waals surface area contributed by atoms with Crippen molar-refractivity contribution < 1.29 is 4.79 Å². The van der Waals surface area contributed by atoms with E-state index in [1.807, 2.05) is 0 Å². The number of pyridine rings is 1. The summed E-state index contributed by atoms with van der Waals surface area (Å²) >= 11 is 9.19. The van der Waals surface area contributed by atoms with Crippen molar-refractivity contribution in [1.82, 2.24) is 4.98 Å². The van der Waals surface area contributed by atoms with Gasteiger partial charge in [-0.2, -0.15) is 0 Å². The van der Waals surface area contributed by atoms with Gasteiger partial charge in [-0.05, 0) is 41.3 Å². The Morgan fingerprint density at radius 3 is 3.00 bits per heavy atom. The molecular formula is C11H13BrClN3O. The first-order valence-corrected chi connectivity index (χ1v) is 6.61. The first-order chi connectivity index (χ1) is 8.06. The molecule has 3 N–H and O–H groups in total. The summed E-state index contributed by atoms with van der Waals surface area (Å²) in [4.78, 5) is 15.9. The minimum atomic E-state index is -0.0280. The summed E-state index contributed by atoms with van der Waals surface area (Å²) in [5.74, 6) is -0.0419. The van der Waals surface area contributed by atoms with Crippen molar-refractivity contribution in [2.75, 3.05) is 5.32 Å². The lowest BCUT2D eigenvalue weighted by atomic mass is 10.1. The maximum Gasteiger partial charge on any atom is 0.227 e. The van der Waals surface area contributed by atoms with Gasteiger partial charge in [0.1, 0.15) is 0 Å². The predicted molar refractivity (Wildman–Crippen MR) is 70.9 cm³/mol. The van der Waals surface area contributed by atoms with Gasteiger partial charge in [-0.15, -0.1) is 0 Å². The maximum absolute atomic E-state index is 12.0. The lowest BCUT2D eigenvalue weighted by Gasteiger charge is -2.11. The van der Waals surface area contributed by atoms with Crippen molar-refractivity contribution in [1.29, 1.82) is 0 Å². The van der Waals surface area contributed by atoms with Crippen LogP contribution in [0.15, 0.2) is 16.7 Å². The molecule has 2 rings (SSSR count). The van der Waals surface area contributed by atoms with Gasteiger partial charge < -0.3 is 11.1 Å². The molecule has 1 aliphatic rings. The number of hydrogen-bond donors (Lipinski definition) is 2. The summed E-state index contributed by atoms with van der Waals surface area (Å²) in [5.41, 5.74) is 6.32. The van der Waals surface area contributed by atoms with E-state index < -0.39 is 0 Å². The number of anilines is 1. The molecule has 1 aromatic rings. The molecule has 6 heteroatoms. The Labute approximate surface area is 113 Å². The average Bonchev–Trinajstić information content (AvgIpc) is 2.70. The summed E-state index contributed by atoms with van der Waals surface area (Å²) in [6.45, 7) is 0. The van der Waals surface area contributed by atoms with Gasteiger partial charge in [0.15, 0.2) is 5.15 Å². The second-order valence-electron chi connectivity index (χ2n) is 4.25. The topological polar surface area (TPSA) is 68.0 Å². The van der Waals surface area contributed by atoms with Crippen LogP contribution in [0.3, 0.4) is 0 Å². The molecule has 2 unspecified atom stereocenters. The molecule has 1 aliphatic carbocycles. The smallest absolute Gasteiger partial charge is 0.227 e. The van der Waals surface area contributed by atoms with Crippen LogP contribution in [0.1, 0.15) is 19.3 Å². The van der Waals surface area contributed by atoms with Crippen molar-refractivity contribution in [3.8, 4) is 0 Å². The van der Waals surface area contributed by atoms with Gasteiger partial charge in [-0.3, -0.25) is 4.79 Å². The summed E-state index contributed by atoms with van der Waals surface area (Å²) in [6, 6.07) is 1.88. The SMILES string of the molecule is NC1CCC(C(=O)Nc2cc(Br)cnc2Cl)C1. The summed E-state index contributed by atoms with van der Waals surface area (Å²) in [5, 5.41) is 3.09. The number of rotatable bonds is 2. The monoisotopic (exact) mass is 317 g/mol. The van der Waals surface area contributed by atoms with Crippen LogP contribution in [0.2, 0.25) is 5.15 Å². The molecule has 0 bridgehead atoms. The highest BCUT2D eigenvalue weighted by Gasteiger charge is 2.28. The van der Waals surface area contributed by atoms with E-state index in [1.54, 1.807) is 12.3 Å². The minimum absolute atomic E-state index is 0.0138. The van der Waals surface area contributed by atoms with Crippen LogP contribution in [0.5, 0.6) is 0 Å². The normalized spacial score (nSPS) is 23.7. The third kappa shape index (κ3) is 3.18. The Morgan fingerprint density at radius 1 is 1.59 bits per heavy atom. The Morgan fingerprint density at radius 2 is 2.35 bits per heavy atom. The molecule has 0 spiro atoms. The summed E-state index contributed by atoms with van der Waals surface area (Å²) < 4.78 is 0.778. The number of carbonyl (C=O) groups excluding carboxylic acids is 1. The van der Waals surface area contributed by atoms with Gasteiger partial charge in [0, 0.05) is 22.6 Å². The maximum atomic E-state index is 12.0. The molecule has 1 amide bonds. The fraction of sp³-hybridized carbons (Fsp3) is 0.455. The third-order valence-electron chi connectivity index (χ3n) is 2.91. The lowest BCUT2D eigenvalue weighted by Crippen LogP contribution is -2.23. The molecular weight excluding hydrogens is 305 g/mol. The van der Waals surface area contributed by atoms with E-state index in [4.69, 9.17) is 17.3 Å². The number of nitrogens with one attached hydrogen (secondary N) is 1. The largest absolute Gasteiger partial charge is 0.328 e. The Bertz CT molecular complexity index is 441. The number of nitrogens with zero attached hydrogens (tertiary/aromatic N) is 1. The number of nitrogens with two attached hydrogens (primary N) is 1. The van der Waals surface area contributed by atoms with Crippen LogP contribution in [0.4, 0.5) is 5.69 Å². The van der Waals surface area contributed by atoms with Crippen molar-refractivity contribution in [2.45, 2.75) is 25.3 Å². The number of halogens is 2. The van der Waals surface area contributed by atoms with Crippen LogP contribution in [0.25, 0.3) is 0 Å². The number of carbonyl (C=O) groups is 1. The van der Waals surface area contributed by atoms with Crippen molar-refractivity contribution >= 4 is 39.1 Å². The zero-order valence-electron chi connectivity index (χ0n) is 9.12. The second kappa shape index (κ2) is 5.33. The molecule has 0 saturated heterocycles. The van der Waals surface area contributed by atoms with Gasteiger partial charge in [0.2, 0.25) is 5.91 Å². The van der Waals surface area contributed by atoms with Crippen molar-refractivity contribution in [3.05, 3.63) is 21.9 Å². The Kier molecular flexibility index (Phi) is 4.01. The molecule has 17 heavy (non-hydrogen) atoms. The summed E-state index contributed by atoms with van der Waals surface area (Å²) in [6.07, 6.45) is 4.07. The van der Waals surface area contributed by atoms with Gasteiger partial charge in [-0.1, -0.05) is 11.6 Å². The van der Waals surface area contributed by atoms with Crippen LogP contribution >= 0.6 is 27.5 Å². The van der Waals surface area contributed by atoms with E-state index in [2.05, 4.69) is 26.2 Å². The Balaban J connectivity index is 2.05. The number of aromatic nitrogens is 1. The van der Waals surface area contributed by atoms with Crippen molar-refractivity contribution in [2.24, 2.45) is 11.7 Å². The average molecular weight is 319 g/mol. The molecule has 1 aromatic heterocycles. The molecule has 1 fully saturated rings. The predicted octanol–water partition coefficient (Wildman–Crippen LogP) is 2.56. The molecule has 2 atom stereocenters. The van der Waals surface area contributed by atoms with Crippen LogP contribution in [-0.4, -0.2) is 16.9 Å². The highest BCUT2D eigenvalue weighted by Crippen LogP contribution is 2.28. The van der Waals surface area contributed by atoms with Gasteiger partial charge >= 0.3 is 0 Å². The highest BCUT2D eigenvalue weighted by atomic mass is 79.9. The standard InChI is InChI=1S/C11H13BrClN3O/c12-7-4-9(10(13)15-5-7)16-11(17)6-1-2-8(14)3-6/h4-6,8H,1-3,14H2,(H,16,17). The van der Waals surface area contributed by atoms with Crippen LogP contribution in [-0.2, 0) is 4.79 Å². The fourth-order valence-corrected chi connectivity index (χ4v) is 2.48. The van der Waals surface area contributed by atoms with Crippen LogP contribution in [0, 0.1) is 5.92 Å². The molecule has 4 nitrogen and oxygen atoms in total. The molecule has 92 valence electrons. The van der Waals surface area contributed by atoms with E-state index >= 15 is 0 Å². The van der Waals surface area contributed by atoms with Gasteiger partial charge in [0.25, 0.3) is 0 Å². The number of hydrogen-bond acceptors (Lipinski definition) is 3. The van der Waals surface area contributed by atoms with Gasteiger partial charge in [0.05, 0.1) is 5.69 Å². The second-order valence-corrected chi connectivity index (χ2v) is 5.52. The van der Waals surface area contributed by atoms with Crippen LogP contribution < -0.4 is 11.1 Å². The molecule has 0 aromatic carbocycles. The highest BCUT2D eigenvalue weighted by molar-refractivity contribution is 9.10. The number of amides is 1. The van der Waals surface area contributed by atoms with E-state index in [0.717, 1.165) is 23.7 Å². The molecule has 1 heterocycles. The molecule has 1 saturated carbocycles. The zero-order valence-corrected chi connectivity index (χ0v) is 11.5. The van der Waals surface area contributed by atoms with E-state index in [0.29, 0.717) is 10.8 Å². The molecule has 0 aliphatic heterocycles. The minimum Gasteiger partial charge on any atom is -0.328 e. The lowest BCUT2D eigenvalue weighted by molar-refractivity contribution is -0.119.